The fourth-order valence-corrected chi connectivity index (χ4v) is 4.37. The Kier molecular flexibility index (Phi) is 3.64. The highest BCUT2D eigenvalue weighted by molar-refractivity contribution is 7.91. The molecule has 4 nitrogen and oxygen atoms in total. The van der Waals surface area contributed by atoms with Crippen molar-refractivity contribution in [3.63, 3.8) is 0 Å². The first kappa shape index (κ1) is 12.0. The second-order valence-electron chi connectivity index (χ2n) is 4.83. The van der Waals surface area contributed by atoms with Gasteiger partial charge in [0.25, 0.3) is 0 Å². The number of Topliss-reactive ketones (excluding diaryl/α,β-unsaturated/α-hetero) is 1. The summed E-state index contributed by atoms with van der Waals surface area (Å²) >= 11 is 0. The molecule has 2 saturated heterocycles. The Bertz CT molecular complexity index is 354. The van der Waals surface area contributed by atoms with Crippen molar-refractivity contribution in [1.29, 1.82) is 0 Å². The van der Waals surface area contributed by atoms with Crippen LogP contribution in [-0.2, 0) is 19.4 Å². The van der Waals surface area contributed by atoms with Gasteiger partial charge in [-0.05, 0) is 25.2 Å². The van der Waals surface area contributed by atoms with Crippen LogP contribution in [0.5, 0.6) is 0 Å². The third kappa shape index (κ3) is 3.04. The van der Waals surface area contributed by atoms with Crippen molar-refractivity contribution in [2.75, 3.05) is 24.7 Å². The molecule has 92 valence electrons. The Morgan fingerprint density at radius 1 is 1.19 bits per heavy atom. The number of hydrogen-bond donors (Lipinski definition) is 0. The molecule has 0 aromatic heterocycles. The van der Waals surface area contributed by atoms with Crippen LogP contribution in [0, 0.1) is 11.8 Å². The summed E-state index contributed by atoms with van der Waals surface area (Å²) in [6, 6.07) is 0. The van der Waals surface area contributed by atoms with E-state index in [0.29, 0.717) is 26.1 Å². The first-order valence-electron chi connectivity index (χ1n) is 5.88. The van der Waals surface area contributed by atoms with Gasteiger partial charge in [-0.2, -0.15) is 0 Å². The Labute approximate surface area is 96.3 Å². The van der Waals surface area contributed by atoms with Crippen LogP contribution in [0.3, 0.4) is 0 Å². The van der Waals surface area contributed by atoms with E-state index in [-0.39, 0.29) is 29.1 Å². The predicted octanol–water partition coefficient (Wildman–Crippen LogP) is 0.807. The lowest BCUT2D eigenvalue weighted by Crippen LogP contribution is -2.25. The molecule has 0 N–H and O–H groups in total. The summed E-state index contributed by atoms with van der Waals surface area (Å²) in [5, 5.41) is 0. The first-order chi connectivity index (χ1) is 7.57. The quantitative estimate of drug-likeness (QED) is 0.739. The van der Waals surface area contributed by atoms with Crippen molar-refractivity contribution in [3.05, 3.63) is 0 Å². The van der Waals surface area contributed by atoms with Crippen LogP contribution < -0.4 is 0 Å². The third-order valence-electron chi connectivity index (χ3n) is 3.49. The van der Waals surface area contributed by atoms with Gasteiger partial charge in [0.2, 0.25) is 0 Å². The molecular formula is C11H18O4S. The Morgan fingerprint density at radius 2 is 1.88 bits per heavy atom. The molecule has 2 rings (SSSR count). The van der Waals surface area contributed by atoms with Gasteiger partial charge in [-0.15, -0.1) is 0 Å². The molecule has 0 spiro atoms. The minimum absolute atomic E-state index is 0.0698. The van der Waals surface area contributed by atoms with Crippen LogP contribution >= 0.6 is 0 Å². The van der Waals surface area contributed by atoms with Gasteiger partial charge in [0.15, 0.2) is 9.84 Å². The smallest absolute Gasteiger partial charge is 0.150 e. The van der Waals surface area contributed by atoms with E-state index in [9.17, 15) is 13.2 Å². The molecule has 0 amide bonds. The van der Waals surface area contributed by atoms with Gasteiger partial charge in [0.05, 0.1) is 11.5 Å². The molecule has 0 saturated carbocycles. The van der Waals surface area contributed by atoms with E-state index in [2.05, 4.69) is 0 Å². The summed E-state index contributed by atoms with van der Waals surface area (Å²) < 4.78 is 27.7. The van der Waals surface area contributed by atoms with E-state index in [1.807, 2.05) is 0 Å². The molecule has 0 aliphatic carbocycles. The monoisotopic (exact) mass is 246 g/mol. The van der Waals surface area contributed by atoms with Crippen LogP contribution in [0.15, 0.2) is 0 Å². The number of carbonyl (C=O) groups is 1. The normalized spacial score (nSPS) is 30.4. The van der Waals surface area contributed by atoms with Crippen molar-refractivity contribution in [2.45, 2.75) is 25.7 Å². The Balaban J connectivity index is 1.83. The molecule has 0 radical (unpaired) electrons. The van der Waals surface area contributed by atoms with E-state index in [0.717, 1.165) is 12.8 Å². The van der Waals surface area contributed by atoms with Gasteiger partial charge < -0.3 is 4.74 Å². The topological polar surface area (TPSA) is 60.4 Å². The minimum atomic E-state index is -2.85. The Hall–Kier alpha value is -0.420. The largest absolute Gasteiger partial charge is 0.381 e. The summed E-state index contributed by atoms with van der Waals surface area (Å²) in [5.41, 5.74) is 0. The van der Waals surface area contributed by atoms with E-state index in [1.165, 1.54) is 0 Å². The summed E-state index contributed by atoms with van der Waals surface area (Å²) in [5.74, 6) is 0.892. The number of carbonyl (C=O) groups excluding carboxylic acids is 1. The molecule has 5 heteroatoms. The number of rotatable bonds is 3. The molecule has 0 bridgehead atoms. The second kappa shape index (κ2) is 4.84. The van der Waals surface area contributed by atoms with Crippen molar-refractivity contribution in [1.82, 2.24) is 0 Å². The SMILES string of the molecule is O=C(CC1CCS(=O)(=O)C1)C1CCOCC1. The van der Waals surface area contributed by atoms with Crippen molar-refractivity contribution < 1.29 is 17.9 Å². The van der Waals surface area contributed by atoms with Gasteiger partial charge >= 0.3 is 0 Å². The number of ketones is 1. The lowest BCUT2D eigenvalue weighted by atomic mass is 9.89. The van der Waals surface area contributed by atoms with E-state index in [1.54, 1.807) is 0 Å². The zero-order chi connectivity index (χ0) is 11.6. The summed E-state index contributed by atoms with van der Waals surface area (Å²) in [7, 11) is -2.85. The van der Waals surface area contributed by atoms with Crippen molar-refractivity contribution >= 4 is 15.6 Å². The van der Waals surface area contributed by atoms with Gasteiger partial charge in [0.1, 0.15) is 5.78 Å². The maximum atomic E-state index is 11.9. The zero-order valence-corrected chi connectivity index (χ0v) is 10.2. The minimum Gasteiger partial charge on any atom is -0.381 e. The Morgan fingerprint density at radius 3 is 2.44 bits per heavy atom. The molecule has 2 aliphatic heterocycles. The lowest BCUT2D eigenvalue weighted by Gasteiger charge is -2.21. The molecule has 1 atom stereocenters. The highest BCUT2D eigenvalue weighted by Crippen LogP contribution is 2.25. The van der Waals surface area contributed by atoms with E-state index < -0.39 is 9.84 Å². The number of sulfone groups is 1. The molecule has 0 aromatic carbocycles. The summed E-state index contributed by atoms with van der Waals surface area (Å²) in [6.07, 6.45) is 2.72. The third-order valence-corrected chi connectivity index (χ3v) is 5.33. The van der Waals surface area contributed by atoms with Crippen LogP contribution in [0.2, 0.25) is 0 Å². The van der Waals surface area contributed by atoms with Gasteiger partial charge in [0, 0.05) is 25.6 Å². The standard InChI is InChI=1S/C11H18O4S/c12-11(10-1-4-15-5-2-10)7-9-3-6-16(13,14)8-9/h9-10H,1-8H2. The number of hydrogen-bond acceptors (Lipinski definition) is 4. The van der Waals surface area contributed by atoms with Crippen molar-refractivity contribution in [3.8, 4) is 0 Å². The summed E-state index contributed by atoms with van der Waals surface area (Å²) in [4.78, 5) is 11.9. The lowest BCUT2D eigenvalue weighted by molar-refractivity contribution is -0.126. The zero-order valence-electron chi connectivity index (χ0n) is 9.35. The second-order valence-corrected chi connectivity index (χ2v) is 7.05. The van der Waals surface area contributed by atoms with Crippen LogP contribution in [0.1, 0.15) is 25.7 Å². The fourth-order valence-electron chi connectivity index (χ4n) is 2.50. The van der Waals surface area contributed by atoms with E-state index in [4.69, 9.17) is 4.74 Å². The predicted molar refractivity (Wildman–Crippen MR) is 59.9 cm³/mol. The molecule has 2 heterocycles. The van der Waals surface area contributed by atoms with Gasteiger partial charge in [-0.25, -0.2) is 8.42 Å². The molecule has 0 aromatic rings. The van der Waals surface area contributed by atoms with E-state index >= 15 is 0 Å². The average Bonchev–Trinajstić information content (AvgIpc) is 2.59. The number of ether oxygens (including phenoxy) is 1. The molecule has 2 fully saturated rings. The highest BCUT2D eigenvalue weighted by Gasteiger charge is 2.31. The molecular weight excluding hydrogens is 228 g/mol. The van der Waals surface area contributed by atoms with Gasteiger partial charge in [-0.3, -0.25) is 4.79 Å². The molecule has 1 unspecified atom stereocenters. The molecule has 2 aliphatic rings. The van der Waals surface area contributed by atoms with Crippen LogP contribution in [0.4, 0.5) is 0 Å². The average molecular weight is 246 g/mol. The first-order valence-corrected chi connectivity index (χ1v) is 7.70. The summed E-state index contributed by atoms with van der Waals surface area (Å²) in [6.45, 7) is 1.33. The van der Waals surface area contributed by atoms with Crippen LogP contribution in [-0.4, -0.2) is 38.9 Å². The van der Waals surface area contributed by atoms with Crippen molar-refractivity contribution in [2.24, 2.45) is 11.8 Å². The van der Waals surface area contributed by atoms with Crippen LogP contribution in [0.25, 0.3) is 0 Å². The maximum absolute atomic E-state index is 11.9. The molecule has 16 heavy (non-hydrogen) atoms. The van der Waals surface area contributed by atoms with Gasteiger partial charge in [-0.1, -0.05) is 0 Å². The fraction of sp³-hybridized carbons (Fsp3) is 0.909. The highest BCUT2D eigenvalue weighted by atomic mass is 32.2. The maximum Gasteiger partial charge on any atom is 0.150 e.